The first-order valence-corrected chi connectivity index (χ1v) is 11.5. The van der Waals surface area contributed by atoms with Crippen molar-refractivity contribution in [3.8, 4) is 0 Å². The van der Waals surface area contributed by atoms with Crippen LogP contribution >= 0.6 is 0 Å². The largest absolute Gasteiger partial charge is 0.416 e. The summed E-state index contributed by atoms with van der Waals surface area (Å²) in [7, 11) is 1.82. The number of rotatable bonds is 5. The van der Waals surface area contributed by atoms with Crippen molar-refractivity contribution in [3.63, 3.8) is 0 Å². The predicted molar refractivity (Wildman–Crippen MR) is 118 cm³/mol. The van der Waals surface area contributed by atoms with Gasteiger partial charge in [0, 0.05) is 19.0 Å². The lowest BCUT2D eigenvalue weighted by molar-refractivity contribution is -0.143. The van der Waals surface area contributed by atoms with Gasteiger partial charge in [-0.05, 0) is 48.6 Å². The van der Waals surface area contributed by atoms with Gasteiger partial charge in [0.1, 0.15) is 0 Å². The third-order valence-electron chi connectivity index (χ3n) is 7.28. The van der Waals surface area contributed by atoms with Crippen molar-refractivity contribution >= 4 is 0 Å². The van der Waals surface area contributed by atoms with Gasteiger partial charge in [-0.2, -0.15) is 26.3 Å². The molecule has 2 fully saturated rings. The molecule has 4 atom stereocenters. The van der Waals surface area contributed by atoms with Crippen molar-refractivity contribution in [3.05, 3.63) is 82.7 Å². The highest BCUT2D eigenvalue weighted by Crippen LogP contribution is 2.51. The van der Waals surface area contributed by atoms with Gasteiger partial charge in [0.05, 0.1) is 41.3 Å². The Balaban J connectivity index is 1.46. The molecule has 0 aliphatic carbocycles. The number of nitrogens with one attached hydrogen (secondary N) is 1. The molecule has 3 aromatic rings. The summed E-state index contributed by atoms with van der Waals surface area (Å²) in [5.74, 6) is 0.0733. The minimum Gasteiger partial charge on any atom is -0.371 e. The van der Waals surface area contributed by atoms with Crippen molar-refractivity contribution in [1.29, 1.82) is 0 Å². The van der Waals surface area contributed by atoms with Gasteiger partial charge in [-0.15, -0.1) is 5.10 Å². The lowest BCUT2D eigenvalue weighted by Crippen LogP contribution is -2.54. The Labute approximate surface area is 203 Å². The number of benzene rings is 2. The minimum atomic E-state index is -4.91. The van der Waals surface area contributed by atoms with E-state index in [1.54, 1.807) is 10.9 Å². The molecule has 0 saturated carbocycles. The number of aromatic nitrogens is 3. The lowest BCUT2D eigenvalue weighted by Gasteiger charge is -2.42. The molecule has 192 valence electrons. The summed E-state index contributed by atoms with van der Waals surface area (Å²) in [5, 5.41) is 11.7. The molecule has 0 spiro atoms. The first-order valence-electron chi connectivity index (χ1n) is 11.5. The molecule has 2 aliphatic rings. The van der Waals surface area contributed by atoms with Crippen LogP contribution in [0.5, 0.6) is 0 Å². The second-order valence-electron chi connectivity index (χ2n) is 9.47. The molecule has 0 radical (unpaired) electrons. The molecule has 2 aromatic carbocycles. The molecule has 2 saturated heterocycles. The average molecular weight is 510 g/mol. The van der Waals surface area contributed by atoms with E-state index in [1.165, 1.54) is 0 Å². The Morgan fingerprint density at radius 2 is 1.67 bits per heavy atom. The zero-order valence-electron chi connectivity index (χ0n) is 19.3. The van der Waals surface area contributed by atoms with Gasteiger partial charge in [0.15, 0.2) is 0 Å². The molecule has 0 unspecified atom stereocenters. The number of halogens is 6. The topological polar surface area (TPSA) is 52.0 Å². The zero-order chi connectivity index (χ0) is 25.7. The highest BCUT2D eigenvalue weighted by atomic mass is 19.4. The predicted octanol–water partition coefficient (Wildman–Crippen LogP) is 5.57. The van der Waals surface area contributed by atoms with Gasteiger partial charge in [-0.3, -0.25) is 4.68 Å². The van der Waals surface area contributed by atoms with Crippen LogP contribution in [0.15, 0.2) is 54.7 Å². The Bertz CT molecular complexity index is 1190. The first-order chi connectivity index (χ1) is 17.0. The SMILES string of the molecule is Cn1nncc1[C@@H]1C[C@]2(c3ccccc3)N[C@H]1CC[C@H]2OCc1cc(C(F)(F)F)cc(C(F)(F)F)c1. The second kappa shape index (κ2) is 8.88. The monoisotopic (exact) mass is 510 g/mol. The number of piperidine rings is 1. The van der Waals surface area contributed by atoms with E-state index < -0.39 is 35.1 Å². The third-order valence-corrected chi connectivity index (χ3v) is 7.28. The summed E-state index contributed by atoms with van der Waals surface area (Å²) in [5.41, 5.74) is -1.61. The lowest BCUT2D eigenvalue weighted by atomic mass is 9.79. The summed E-state index contributed by atoms with van der Waals surface area (Å²) < 4.78 is 87.8. The van der Waals surface area contributed by atoms with Gasteiger partial charge in [0.2, 0.25) is 0 Å². The first kappa shape index (κ1) is 24.8. The van der Waals surface area contributed by atoms with Crippen molar-refractivity contribution < 1.29 is 31.1 Å². The van der Waals surface area contributed by atoms with E-state index in [1.807, 2.05) is 37.4 Å². The van der Waals surface area contributed by atoms with Crippen LogP contribution in [-0.4, -0.2) is 27.1 Å². The fourth-order valence-corrected chi connectivity index (χ4v) is 5.65. The van der Waals surface area contributed by atoms with E-state index >= 15 is 0 Å². The molecule has 11 heteroatoms. The second-order valence-corrected chi connectivity index (χ2v) is 9.47. The minimum absolute atomic E-state index is 0.0733. The molecule has 5 nitrogen and oxygen atoms in total. The van der Waals surface area contributed by atoms with Crippen molar-refractivity contribution in [2.75, 3.05) is 0 Å². The number of hydrogen-bond acceptors (Lipinski definition) is 4. The summed E-state index contributed by atoms with van der Waals surface area (Å²) in [6.07, 6.45) is -6.60. The molecule has 2 bridgehead atoms. The van der Waals surface area contributed by atoms with Gasteiger partial charge in [0.25, 0.3) is 0 Å². The van der Waals surface area contributed by atoms with Gasteiger partial charge >= 0.3 is 12.4 Å². The highest BCUT2D eigenvalue weighted by molar-refractivity contribution is 5.35. The quantitative estimate of drug-likeness (QED) is 0.456. The van der Waals surface area contributed by atoms with Crippen LogP contribution < -0.4 is 5.32 Å². The number of aryl methyl sites for hydroxylation is 1. The molecule has 1 aromatic heterocycles. The van der Waals surface area contributed by atoms with E-state index in [9.17, 15) is 26.3 Å². The Kier molecular flexibility index (Phi) is 6.11. The number of hydrogen-bond donors (Lipinski definition) is 1. The van der Waals surface area contributed by atoms with E-state index in [4.69, 9.17) is 4.74 Å². The van der Waals surface area contributed by atoms with Crippen LogP contribution in [0.2, 0.25) is 0 Å². The maximum Gasteiger partial charge on any atom is 0.416 e. The molecule has 2 aliphatic heterocycles. The zero-order valence-corrected chi connectivity index (χ0v) is 19.3. The maximum absolute atomic E-state index is 13.3. The maximum atomic E-state index is 13.3. The fraction of sp³-hybridized carbons (Fsp3) is 0.440. The molecule has 5 rings (SSSR count). The summed E-state index contributed by atoms with van der Waals surface area (Å²) in [4.78, 5) is 0. The number of fused-ring (bicyclic) bond motifs is 2. The summed E-state index contributed by atoms with van der Waals surface area (Å²) in [6.45, 7) is -0.378. The Hall–Kier alpha value is -2.92. The van der Waals surface area contributed by atoms with Crippen LogP contribution in [0.1, 0.15) is 53.1 Å². The van der Waals surface area contributed by atoms with Crippen LogP contribution in [0.4, 0.5) is 26.3 Å². The number of ether oxygens (including phenoxy) is 1. The molecule has 0 amide bonds. The van der Waals surface area contributed by atoms with Crippen molar-refractivity contribution in [1.82, 2.24) is 20.3 Å². The molecule has 36 heavy (non-hydrogen) atoms. The van der Waals surface area contributed by atoms with Gasteiger partial charge in [-0.25, -0.2) is 0 Å². The van der Waals surface area contributed by atoms with E-state index in [2.05, 4.69) is 15.6 Å². The van der Waals surface area contributed by atoms with Crippen LogP contribution in [0, 0.1) is 0 Å². The Morgan fingerprint density at radius 3 is 2.25 bits per heavy atom. The average Bonchev–Trinajstić information content (AvgIpc) is 3.39. The Morgan fingerprint density at radius 1 is 1.00 bits per heavy atom. The smallest absolute Gasteiger partial charge is 0.371 e. The van der Waals surface area contributed by atoms with Gasteiger partial charge in [-0.1, -0.05) is 35.5 Å². The van der Waals surface area contributed by atoms with E-state index in [0.717, 1.165) is 29.8 Å². The molecule has 1 N–H and O–H groups in total. The van der Waals surface area contributed by atoms with E-state index in [0.29, 0.717) is 12.8 Å². The van der Waals surface area contributed by atoms with Crippen LogP contribution in [0.25, 0.3) is 0 Å². The standard InChI is InChI=1S/C25H24F6N4O/c1-35-21(13-32-34-35)19-12-23(16-5-3-2-4-6-16)22(8-7-20(19)33-23)36-14-15-9-17(24(26,27)28)11-18(10-15)25(29,30)31/h2-6,9-11,13,19-20,22,33H,7-8,12,14H2,1H3/t19-,20+,22-,23-/m1/s1. The van der Waals surface area contributed by atoms with Crippen molar-refractivity contribution in [2.45, 2.75) is 61.8 Å². The molecule has 3 heterocycles. The van der Waals surface area contributed by atoms with Gasteiger partial charge < -0.3 is 10.1 Å². The van der Waals surface area contributed by atoms with Crippen LogP contribution in [0.3, 0.4) is 0 Å². The fourth-order valence-electron chi connectivity index (χ4n) is 5.65. The van der Waals surface area contributed by atoms with Crippen molar-refractivity contribution in [2.24, 2.45) is 7.05 Å². The number of nitrogens with zero attached hydrogens (tertiary/aromatic N) is 3. The summed E-state index contributed by atoms with van der Waals surface area (Å²) in [6, 6.07) is 11.3. The summed E-state index contributed by atoms with van der Waals surface area (Å²) >= 11 is 0. The van der Waals surface area contributed by atoms with Crippen LogP contribution in [-0.2, 0) is 36.3 Å². The van der Waals surface area contributed by atoms with E-state index in [-0.39, 0.29) is 30.2 Å². The number of alkyl halides is 6. The third kappa shape index (κ3) is 4.50. The highest BCUT2D eigenvalue weighted by Gasteiger charge is 2.55. The molecular weight excluding hydrogens is 486 g/mol. The molecular formula is C25H24F6N4O. The normalized spacial score (nSPS) is 26.4.